The van der Waals surface area contributed by atoms with E-state index in [4.69, 9.17) is 0 Å². The van der Waals surface area contributed by atoms with Gasteiger partial charge in [0.1, 0.15) is 17.6 Å². The molecule has 180 valence electrons. The largest absolute Gasteiger partial charge is 0.366 e. The number of hydrogen-bond donors (Lipinski definition) is 3. The van der Waals surface area contributed by atoms with Gasteiger partial charge in [0.15, 0.2) is 5.82 Å². The Morgan fingerprint density at radius 1 is 1.12 bits per heavy atom. The van der Waals surface area contributed by atoms with Crippen molar-refractivity contribution in [2.45, 2.75) is 56.5 Å². The number of aryl methyl sites for hydroxylation is 1. The maximum Gasteiger partial charge on any atom is 0.293 e. The molecule has 1 unspecified atom stereocenters. The summed E-state index contributed by atoms with van der Waals surface area (Å²) in [5, 5.41) is 22.0. The van der Waals surface area contributed by atoms with Gasteiger partial charge in [0.25, 0.3) is 5.69 Å². The topological polar surface area (TPSA) is 143 Å². The zero-order valence-electron chi connectivity index (χ0n) is 19.1. The first kappa shape index (κ1) is 23.8. The summed E-state index contributed by atoms with van der Waals surface area (Å²) in [7, 11) is -3.89. The summed E-state index contributed by atoms with van der Waals surface area (Å²) < 4.78 is 28.6. The summed E-state index contributed by atoms with van der Waals surface area (Å²) in [5.74, 6) is 1.61. The summed E-state index contributed by atoms with van der Waals surface area (Å²) in [6.45, 7) is 3.92. The van der Waals surface area contributed by atoms with Crippen molar-refractivity contribution in [3.8, 4) is 0 Å². The molecule has 0 saturated heterocycles. The molecular formula is C23H28N6O4S. The number of rotatable bonds is 8. The summed E-state index contributed by atoms with van der Waals surface area (Å²) in [6.07, 6.45) is 3.43. The molecule has 0 radical (unpaired) electrons. The SMILES string of the molecule is Cc1nc(C(Nc2ccc(S(=O)(=O)NC3CCC(C)CC3)cc2[N+](=O)[O-])c2ccccc2)n[nH]1. The van der Waals surface area contributed by atoms with Crippen molar-refractivity contribution in [2.75, 3.05) is 5.32 Å². The van der Waals surface area contributed by atoms with Gasteiger partial charge in [0.05, 0.1) is 9.82 Å². The second-order valence-corrected chi connectivity index (χ2v) is 10.5. The molecule has 0 spiro atoms. The van der Waals surface area contributed by atoms with E-state index in [1.54, 1.807) is 6.92 Å². The minimum Gasteiger partial charge on any atom is -0.366 e. The minimum atomic E-state index is -3.89. The number of nitrogens with one attached hydrogen (secondary N) is 3. The number of nitrogens with zero attached hydrogens (tertiary/aromatic N) is 3. The lowest BCUT2D eigenvalue weighted by Gasteiger charge is -2.26. The van der Waals surface area contributed by atoms with E-state index in [-0.39, 0.29) is 22.3 Å². The minimum absolute atomic E-state index is 0.131. The first-order chi connectivity index (χ1) is 16.2. The molecule has 2 aromatic carbocycles. The highest BCUT2D eigenvalue weighted by atomic mass is 32.2. The van der Waals surface area contributed by atoms with Gasteiger partial charge in [0, 0.05) is 12.1 Å². The molecule has 11 heteroatoms. The van der Waals surface area contributed by atoms with Crippen LogP contribution in [0.4, 0.5) is 11.4 Å². The first-order valence-electron chi connectivity index (χ1n) is 11.2. The highest BCUT2D eigenvalue weighted by Crippen LogP contribution is 2.33. The maximum atomic E-state index is 13.0. The van der Waals surface area contributed by atoms with Crippen molar-refractivity contribution < 1.29 is 13.3 Å². The van der Waals surface area contributed by atoms with E-state index in [0.717, 1.165) is 37.3 Å². The Labute approximate surface area is 198 Å². The number of nitro groups is 1. The molecule has 0 amide bonds. The fraction of sp³-hybridized carbons (Fsp3) is 0.391. The average molecular weight is 485 g/mol. The molecule has 1 fully saturated rings. The molecule has 1 aliphatic rings. The molecule has 1 heterocycles. The predicted octanol–water partition coefficient (Wildman–Crippen LogP) is 4.08. The van der Waals surface area contributed by atoms with E-state index >= 15 is 0 Å². The molecule has 1 aliphatic carbocycles. The lowest BCUT2D eigenvalue weighted by Crippen LogP contribution is -2.37. The van der Waals surface area contributed by atoms with Gasteiger partial charge in [-0.25, -0.2) is 18.1 Å². The Bertz CT molecular complexity index is 1250. The molecule has 0 aliphatic heterocycles. The quantitative estimate of drug-likeness (QED) is 0.323. The third kappa shape index (κ3) is 5.42. The van der Waals surface area contributed by atoms with Crippen LogP contribution in [-0.4, -0.2) is 34.6 Å². The third-order valence-electron chi connectivity index (χ3n) is 6.12. The molecule has 4 rings (SSSR count). The Kier molecular flexibility index (Phi) is 6.94. The van der Waals surface area contributed by atoms with Gasteiger partial charge >= 0.3 is 0 Å². The van der Waals surface area contributed by atoms with E-state index in [0.29, 0.717) is 17.6 Å². The van der Waals surface area contributed by atoms with Crippen LogP contribution >= 0.6 is 0 Å². The number of sulfonamides is 1. The van der Waals surface area contributed by atoms with Gasteiger partial charge in [-0.15, -0.1) is 0 Å². The zero-order chi connectivity index (χ0) is 24.3. The number of aromatic nitrogens is 3. The highest BCUT2D eigenvalue weighted by molar-refractivity contribution is 7.89. The van der Waals surface area contributed by atoms with Crippen LogP contribution in [0.25, 0.3) is 0 Å². The molecule has 3 N–H and O–H groups in total. The number of nitro benzene ring substituents is 1. The fourth-order valence-electron chi connectivity index (χ4n) is 4.20. The maximum absolute atomic E-state index is 13.0. The van der Waals surface area contributed by atoms with Gasteiger partial charge < -0.3 is 5.32 Å². The van der Waals surface area contributed by atoms with Crippen molar-refractivity contribution in [3.63, 3.8) is 0 Å². The lowest BCUT2D eigenvalue weighted by molar-refractivity contribution is -0.384. The van der Waals surface area contributed by atoms with Gasteiger partial charge in [0.2, 0.25) is 10.0 Å². The van der Waals surface area contributed by atoms with Crippen molar-refractivity contribution in [2.24, 2.45) is 5.92 Å². The number of aromatic amines is 1. The van der Waals surface area contributed by atoms with E-state index in [1.165, 1.54) is 12.1 Å². The highest BCUT2D eigenvalue weighted by Gasteiger charge is 2.28. The monoisotopic (exact) mass is 484 g/mol. The molecule has 34 heavy (non-hydrogen) atoms. The summed E-state index contributed by atoms with van der Waals surface area (Å²) in [4.78, 5) is 15.6. The van der Waals surface area contributed by atoms with E-state index in [2.05, 4.69) is 32.1 Å². The zero-order valence-corrected chi connectivity index (χ0v) is 19.9. The second-order valence-electron chi connectivity index (χ2n) is 8.78. The molecule has 1 aromatic heterocycles. The molecule has 10 nitrogen and oxygen atoms in total. The van der Waals surface area contributed by atoms with Crippen LogP contribution in [0.15, 0.2) is 53.4 Å². The van der Waals surface area contributed by atoms with Crippen LogP contribution < -0.4 is 10.0 Å². The number of anilines is 1. The van der Waals surface area contributed by atoms with Crippen LogP contribution in [0.1, 0.15) is 55.9 Å². The third-order valence-corrected chi connectivity index (χ3v) is 7.64. The van der Waals surface area contributed by atoms with Crippen LogP contribution in [0, 0.1) is 23.0 Å². The Hall–Kier alpha value is -3.31. The summed E-state index contributed by atoms with van der Waals surface area (Å²) >= 11 is 0. The Balaban J connectivity index is 1.64. The fourth-order valence-corrected chi connectivity index (χ4v) is 5.53. The smallest absolute Gasteiger partial charge is 0.293 e. The lowest BCUT2D eigenvalue weighted by atomic mass is 9.88. The Morgan fingerprint density at radius 3 is 2.44 bits per heavy atom. The average Bonchev–Trinajstić information content (AvgIpc) is 3.25. The van der Waals surface area contributed by atoms with Crippen LogP contribution in [0.3, 0.4) is 0 Å². The van der Waals surface area contributed by atoms with Gasteiger partial charge in [-0.05, 0) is 56.2 Å². The number of H-pyrrole nitrogens is 1. The molecule has 3 aromatic rings. The Morgan fingerprint density at radius 2 is 1.82 bits per heavy atom. The van der Waals surface area contributed by atoms with Crippen molar-refractivity contribution >= 4 is 21.4 Å². The number of benzene rings is 2. The van der Waals surface area contributed by atoms with Crippen molar-refractivity contribution in [1.82, 2.24) is 19.9 Å². The van der Waals surface area contributed by atoms with Crippen molar-refractivity contribution in [1.29, 1.82) is 0 Å². The molecule has 1 atom stereocenters. The summed E-state index contributed by atoms with van der Waals surface area (Å²) in [5.41, 5.74) is 0.640. The van der Waals surface area contributed by atoms with Crippen molar-refractivity contribution in [3.05, 3.63) is 75.9 Å². The van der Waals surface area contributed by atoms with E-state index in [9.17, 15) is 18.5 Å². The second kappa shape index (κ2) is 9.90. The standard InChI is InChI=1S/C23H28N6O4S/c1-15-8-10-18(11-9-15)28-34(32,33)19-12-13-20(21(14-19)29(30)31)25-22(17-6-4-3-5-7-17)23-24-16(2)26-27-23/h3-7,12-15,18,22,25,28H,8-11H2,1-2H3,(H,24,26,27). The van der Waals surface area contributed by atoms with Crippen LogP contribution in [0.5, 0.6) is 0 Å². The van der Waals surface area contributed by atoms with Crippen LogP contribution in [0.2, 0.25) is 0 Å². The van der Waals surface area contributed by atoms with E-state index in [1.807, 2.05) is 30.3 Å². The summed E-state index contributed by atoms with van der Waals surface area (Å²) in [6, 6.07) is 12.5. The van der Waals surface area contributed by atoms with Crippen LogP contribution in [-0.2, 0) is 10.0 Å². The predicted molar refractivity (Wildman–Crippen MR) is 128 cm³/mol. The normalized spacial score (nSPS) is 19.5. The van der Waals surface area contributed by atoms with Gasteiger partial charge in [-0.1, -0.05) is 37.3 Å². The molecule has 1 saturated carbocycles. The van der Waals surface area contributed by atoms with Gasteiger partial charge in [-0.3, -0.25) is 15.2 Å². The van der Waals surface area contributed by atoms with E-state index < -0.39 is 21.0 Å². The molecular weight excluding hydrogens is 456 g/mol. The number of hydrogen-bond acceptors (Lipinski definition) is 7. The van der Waals surface area contributed by atoms with Gasteiger partial charge in [-0.2, -0.15) is 5.10 Å². The molecule has 0 bridgehead atoms. The first-order valence-corrected chi connectivity index (χ1v) is 12.7.